The summed E-state index contributed by atoms with van der Waals surface area (Å²) < 4.78 is -0.757. The van der Waals surface area contributed by atoms with E-state index in [-0.39, 0.29) is 29.6 Å². The second kappa shape index (κ2) is 6.34. The summed E-state index contributed by atoms with van der Waals surface area (Å²) in [5, 5.41) is 23.5. The second-order valence-electron chi connectivity index (χ2n) is 5.53. The predicted molar refractivity (Wildman–Crippen MR) is 69.5 cm³/mol. The molecule has 0 saturated carbocycles. The Morgan fingerprint density at radius 2 is 2.00 bits per heavy atom. The molecule has 9 nitrogen and oxygen atoms in total. The molecule has 0 aromatic rings. The summed E-state index contributed by atoms with van der Waals surface area (Å²) >= 11 is 1.23. The Bertz CT molecular complexity index is 542. The number of carbonyl (C=O) groups excluding carboxylic acids is 3. The van der Waals surface area contributed by atoms with Gasteiger partial charge in [0.2, 0.25) is 5.91 Å². The number of carboxylic acids is 1. The van der Waals surface area contributed by atoms with Crippen LogP contribution in [0.1, 0.15) is 20.8 Å². The van der Waals surface area contributed by atoms with Gasteiger partial charge in [0.1, 0.15) is 11.4 Å². The third kappa shape index (κ3) is 2.97. The maximum atomic E-state index is 12.0. The molecule has 0 aromatic heterocycles. The molecule has 2 aliphatic heterocycles. The summed E-state index contributed by atoms with van der Waals surface area (Å²) in [7, 11) is 0. The molecule has 0 radical (unpaired) electrons. The molecule has 1 N–H and O–H groups in total. The molecule has 0 bridgehead atoms. The minimum Gasteiger partial charge on any atom is -0.548 e. The largest absolute Gasteiger partial charge is 1.00 e. The van der Waals surface area contributed by atoms with E-state index < -0.39 is 51.0 Å². The number of nitro groups is 1. The van der Waals surface area contributed by atoms with E-state index >= 15 is 0 Å². The Kier molecular flexibility index (Phi) is 5.54. The summed E-state index contributed by atoms with van der Waals surface area (Å²) in [6, 6.07) is -3.49. The van der Waals surface area contributed by atoms with Crippen LogP contribution in [0.5, 0.6) is 0 Å². The summed E-state index contributed by atoms with van der Waals surface area (Å²) in [5.74, 6) is -2.78. The van der Waals surface area contributed by atoms with E-state index in [2.05, 4.69) is 5.32 Å². The van der Waals surface area contributed by atoms with Crippen LogP contribution in [-0.4, -0.2) is 55.9 Å². The van der Waals surface area contributed by atoms with Crippen molar-refractivity contribution in [2.75, 3.05) is 0 Å². The van der Waals surface area contributed by atoms with Crippen molar-refractivity contribution in [3.63, 3.8) is 0 Å². The van der Waals surface area contributed by atoms with Crippen molar-refractivity contribution >= 4 is 29.5 Å². The van der Waals surface area contributed by atoms with Crippen molar-refractivity contribution in [1.82, 2.24) is 10.2 Å². The van der Waals surface area contributed by atoms with Gasteiger partial charge in [0, 0.05) is 16.6 Å². The van der Waals surface area contributed by atoms with Gasteiger partial charge in [-0.15, -0.1) is 11.8 Å². The average molecular weight is 339 g/mol. The predicted octanol–water partition coefficient (Wildman–Crippen LogP) is -5.05. The number of nitrogens with one attached hydrogen (secondary N) is 1. The van der Waals surface area contributed by atoms with Gasteiger partial charge >= 0.3 is 29.6 Å². The number of carbonyl (C=O) groups is 3. The number of aliphatic carboxylic acids is 1. The fraction of sp³-hybridized carbons (Fsp3) is 0.727. The smallest absolute Gasteiger partial charge is 0.548 e. The van der Waals surface area contributed by atoms with E-state index in [1.807, 2.05) is 0 Å². The van der Waals surface area contributed by atoms with Crippen molar-refractivity contribution < 1.29 is 54.0 Å². The van der Waals surface area contributed by atoms with E-state index in [1.54, 1.807) is 13.8 Å². The third-order valence-electron chi connectivity index (χ3n) is 3.66. The third-order valence-corrected chi connectivity index (χ3v) is 5.23. The number of β-lactam (4-membered cyclic amide) rings is 1. The van der Waals surface area contributed by atoms with Gasteiger partial charge < -0.3 is 20.1 Å². The van der Waals surface area contributed by atoms with Crippen LogP contribution in [0.2, 0.25) is 0 Å². The van der Waals surface area contributed by atoms with E-state index in [0.717, 1.165) is 11.8 Å². The van der Waals surface area contributed by atoms with Crippen LogP contribution in [0.3, 0.4) is 0 Å². The maximum Gasteiger partial charge on any atom is 1.00 e. The first-order chi connectivity index (χ1) is 9.58. The molecule has 0 spiro atoms. The molecule has 22 heavy (non-hydrogen) atoms. The normalized spacial score (nSPS) is 29.7. The maximum absolute atomic E-state index is 12.0. The zero-order valence-electron chi connectivity index (χ0n) is 12.6. The SMILES string of the molecule is CC(C(=O)N[C@@H]1C(=O)N2[C@@H]1SC(C)(C)[C@@H]2C(=O)[O-])[N+](=O)[O-].[Na+]. The summed E-state index contributed by atoms with van der Waals surface area (Å²) in [6.07, 6.45) is 0. The standard InChI is InChI=1S/C11H15N3O6S.Na/c1-4(14(19)20)7(15)12-5-8(16)13-6(10(17)18)11(2,3)21-9(5)13;/h4-6,9H,1-3H3,(H,12,15)(H,17,18);/q;+1/p-1/t4?,5-,6+,9-;/m1./s1. The number of hydrogen-bond donors (Lipinski definition) is 1. The Hall–Kier alpha value is -0.840. The molecule has 2 saturated heterocycles. The molecule has 116 valence electrons. The van der Waals surface area contributed by atoms with Crippen molar-refractivity contribution in [2.24, 2.45) is 0 Å². The monoisotopic (exact) mass is 339 g/mol. The molecule has 2 amide bonds. The van der Waals surface area contributed by atoms with Crippen LogP contribution in [0.4, 0.5) is 0 Å². The van der Waals surface area contributed by atoms with Crippen LogP contribution >= 0.6 is 11.8 Å². The number of thioether (sulfide) groups is 1. The Morgan fingerprint density at radius 3 is 2.45 bits per heavy atom. The number of rotatable bonds is 4. The summed E-state index contributed by atoms with van der Waals surface area (Å²) in [5.41, 5.74) is 0. The van der Waals surface area contributed by atoms with Crippen molar-refractivity contribution in [2.45, 2.75) is 49.0 Å². The first-order valence-electron chi connectivity index (χ1n) is 6.22. The molecule has 1 unspecified atom stereocenters. The van der Waals surface area contributed by atoms with Crippen LogP contribution in [-0.2, 0) is 14.4 Å². The first-order valence-corrected chi connectivity index (χ1v) is 7.10. The Morgan fingerprint density at radius 1 is 1.45 bits per heavy atom. The fourth-order valence-electron chi connectivity index (χ4n) is 2.50. The van der Waals surface area contributed by atoms with Crippen LogP contribution < -0.4 is 40.0 Å². The molecule has 0 aromatic carbocycles. The molecule has 0 aliphatic carbocycles. The van der Waals surface area contributed by atoms with Gasteiger partial charge in [-0.1, -0.05) is 0 Å². The van der Waals surface area contributed by atoms with Crippen LogP contribution in [0.25, 0.3) is 0 Å². The number of amides is 2. The van der Waals surface area contributed by atoms with E-state index in [4.69, 9.17) is 0 Å². The molecular weight excluding hydrogens is 325 g/mol. The topological polar surface area (TPSA) is 133 Å². The molecule has 2 rings (SSSR count). The Labute approximate surface area is 152 Å². The molecular formula is C11H14N3NaO6S. The van der Waals surface area contributed by atoms with Gasteiger partial charge in [-0.2, -0.15) is 0 Å². The zero-order valence-corrected chi connectivity index (χ0v) is 15.4. The Balaban J connectivity index is 0.00000242. The summed E-state index contributed by atoms with van der Waals surface area (Å²) in [6.45, 7) is 4.45. The number of fused-ring (bicyclic) bond motifs is 1. The van der Waals surface area contributed by atoms with Crippen molar-refractivity contribution in [3.05, 3.63) is 10.1 Å². The van der Waals surface area contributed by atoms with Crippen LogP contribution in [0.15, 0.2) is 0 Å². The van der Waals surface area contributed by atoms with Crippen molar-refractivity contribution in [3.8, 4) is 0 Å². The minimum absolute atomic E-state index is 0. The van der Waals surface area contributed by atoms with Gasteiger partial charge in [0.05, 0.1) is 12.0 Å². The van der Waals surface area contributed by atoms with E-state index in [0.29, 0.717) is 0 Å². The fourth-order valence-corrected chi connectivity index (χ4v) is 4.12. The number of nitrogens with zero attached hydrogens (tertiary/aromatic N) is 2. The number of carboxylic acid groups (broad SMARTS) is 1. The van der Waals surface area contributed by atoms with Gasteiger partial charge in [-0.3, -0.25) is 19.7 Å². The van der Waals surface area contributed by atoms with Gasteiger partial charge in [-0.25, -0.2) is 0 Å². The zero-order chi connectivity index (χ0) is 16.1. The quantitative estimate of drug-likeness (QED) is 0.235. The summed E-state index contributed by atoms with van der Waals surface area (Å²) in [4.78, 5) is 45.8. The van der Waals surface area contributed by atoms with E-state index in [1.165, 1.54) is 11.8 Å². The second-order valence-corrected chi connectivity index (χ2v) is 7.30. The molecule has 2 heterocycles. The molecule has 2 fully saturated rings. The van der Waals surface area contributed by atoms with Gasteiger partial charge in [-0.05, 0) is 13.8 Å². The molecule has 11 heteroatoms. The minimum atomic E-state index is -1.47. The van der Waals surface area contributed by atoms with Crippen molar-refractivity contribution in [1.29, 1.82) is 0 Å². The van der Waals surface area contributed by atoms with Crippen LogP contribution in [0, 0.1) is 10.1 Å². The average Bonchev–Trinajstić information content (AvgIpc) is 2.63. The molecule has 2 aliphatic rings. The van der Waals surface area contributed by atoms with Gasteiger partial charge in [0.25, 0.3) is 11.9 Å². The van der Waals surface area contributed by atoms with Gasteiger partial charge in [0.15, 0.2) is 0 Å². The first kappa shape index (κ1) is 19.2. The van der Waals surface area contributed by atoms with E-state index in [9.17, 15) is 29.6 Å². The molecule has 4 atom stereocenters. The number of hydrogen-bond acceptors (Lipinski definition) is 7.